The van der Waals surface area contributed by atoms with E-state index in [-0.39, 0.29) is 6.04 Å². The summed E-state index contributed by atoms with van der Waals surface area (Å²) in [5, 5.41) is 0. The van der Waals surface area contributed by atoms with E-state index < -0.39 is 11.7 Å². The molecule has 8 nitrogen and oxygen atoms in total. The van der Waals surface area contributed by atoms with Crippen LogP contribution in [0.5, 0.6) is 0 Å². The molecule has 1 unspecified atom stereocenters. The van der Waals surface area contributed by atoms with Gasteiger partial charge in [0, 0.05) is 19.1 Å². The summed E-state index contributed by atoms with van der Waals surface area (Å²) < 4.78 is 5.19. The number of hydrazine groups is 1. The van der Waals surface area contributed by atoms with Crippen molar-refractivity contribution in [1.29, 1.82) is 0 Å². The van der Waals surface area contributed by atoms with E-state index in [1.807, 2.05) is 20.8 Å². The van der Waals surface area contributed by atoms with Gasteiger partial charge < -0.3 is 15.4 Å². The van der Waals surface area contributed by atoms with Crippen LogP contribution in [0.25, 0.3) is 0 Å². The fourth-order valence-electron chi connectivity index (χ4n) is 2.35. The van der Waals surface area contributed by atoms with Crippen molar-refractivity contribution in [3.8, 4) is 0 Å². The van der Waals surface area contributed by atoms with E-state index in [0.29, 0.717) is 12.2 Å². The summed E-state index contributed by atoms with van der Waals surface area (Å²) in [5.74, 6) is 0.735. The van der Waals surface area contributed by atoms with Crippen LogP contribution in [0.15, 0.2) is 12.5 Å². The lowest BCUT2D eigenvalue weighted by molar-refractivity contribution is 0.0485. The Labute approximate surface area is 130 Å². The second-order valence-electron chi connectivity index (χ2n) is 6.36. The third-order valence-electron chi connectivity index (χ3n) is 3.22. The summed E-state index contributed by atoms with van der Waals surface area (Å²) in [5.41, 5.74) is 11.6. The first-order valence-electron chi connectivity index (χ1n) is 7.40. The van der Waals surface area contributed by atoms with Crippen molar-refractivity contribution in [3.05, 3.63) is 12.5 Å². The second-order valence-corrected chi connectivity index (χ2v) is 6.36. The molecule has 1 saturated heterocycles. The summed E-state index contributed by atoms with van der Waals surface area (Å²) in [4.78, 5) is 21.9. The van der Waals surface area contributed by atoms with Gasteiger partial charge in [0.25, 0.3) is 0 Å². The Kier molecular flexibility index (Phi) is 5.02. The third-order valence-corrected chi connectivity index (χ3v) is 3.22. The zero-order chi connectivity index (χ0) is 16.2. The van der Waals surface area contributed by atoms with Crippen LogP contribution >= 0.6 is 0 Å². The number of nitrogens with zero attached hydrogens (tertiary/aromatic N) is 3. The van der Waals surface area contributed by atoms with Gasteiger partial charge in [-0.1, -0.05) is 0 Å². The summed E-state index contributed by atoms with van der Waals surface area (Å²) in [6.45, 7) is 7.06. The Hall–Kier alpha value is -2.09. The van der Waals surface area contributed by atoms with Gasteiger partial charge >= 0.3 is 6.09 Å². The standard InChI is InChI=1S/C14H24N6O2/c1-14(2,3)22-13(21)19-18-10-5-4-6-20(8-10)12-11(15)7-16-9-17-12/h7,9-10,18H,4-6,8,15H2,1-3H3,(H,19,21). The number of nitrogens with two attached hydrogens (primary N) is 1. The minimum atomic E-state index is -0.514. The van der Waals surface area contributed by atoms with Gasteiger partial charge in [0.1, 0.15) is 11.9 Å². The number of anilines is 2. The molecule has 0 radical (unpaired) electrons. The lowest BCUT2D eigenvalue weighted by Crippen LogP contribution is -2.53. The van der Waals surface area contributed by atoms with Crippen LogP contribution in [-0.2, 0) is 4.74 Å². The Morgan fingerprint density at radius 3 is 2.95 bits per heavy atom. The van der Waals surface area contributed by atoms with Crippen molar-refractivity contribution < 1.29 is 9.53 Å². The number of piperidine rings is 1. The maximum atomic E-state index is 11.7. The van der Waals surface area contributed by atoms with Crippen LogP contribution in [0.4, 0.5) is 16.3 Å². The highest BCUT2D eigenvalue weighted by molar-refractivity contribution is 5.67. The number of amides is 1. The molecule has 0 spiro atoms. The number of carbonyl (C=O) groups excluding carboxylic acids is 1. The molecule has 4 N–H and O–H groups in total. The summed E-state index contributed by atoms with van der Waals surface area (Å²) in [7, 11) is 0. The summed E-state index contributed by atoms with van der Waals surface area (Å²) >= 11 is 0. The molecule has 0 bridgehead atoms. The molecule has 1 aliphatic rings. The van der Waals surface area contributed by atoms with Gasteiger partial charge in [-0.3, -0.25) is 5.43 Å². The largest absolute Gasteiger partial charge is 0.443 e. The van der Waals surface area contributed by atoms with E-state index in [1.165, 1.54) is 6.33 Å². The molecule has 1 aliphatic heterocycles. The van der Waals surface area contributed by atoms with Crippen LogP contribution in [0.3, 0.4) is 0 Å². The first-order valence-corrected chi connectivity index (χ1v) is 7.40. The van der Waals surface area contributed by atoms with Crippen molar-refractivity contribution in [2.45, 2.75) is 45.3 Å². The van der Waals surface area contributed by atoms with E-state index in [4.69, 9.17) is 10.5 Å². The van der Waals surface area contributed by atoms with Crippen molar-refractivity contribution in [1.82, 2.24) is 20.8 Å². The Bertz CT molecular complexity index is 516. The monoisotopic (exact) mass is 308 g/mol. The fourth-order valence-corrected chi connectivity index (χ4v) is 2.35. The number of aromatic nitrogens is 2. The topological polar surface area (TPSA) is 105 Å². The minimum Gasteiger partial charge on any atom is -0.443 e. The molecule has 0 aliphatic carbocycles. The molecule has 8 heteroatoms. The molecular weight excluding hydrogens is 284 g/mol. The van der Waals surface area contributed by atoms with Gasteiger partial charge in [0.05, 0.1) is 11.9 Å². The van der Waals surface area contributed by atoms with Crippen LogP contribution < -0.4 is 21.5 Å². The van der Waals surface area contributed by atoms with Crippen LogP contribution in [0, 0.1) is 0 Å². The number of hydrogen-bond acceptors (Lipinski definition) is 7. The predicted octanol–water partition coefficient (Wildman–Crippen LogP) is 1.06. The molecule has 1 fully saturated rings. The summed E-state index contributed by atoms with van der Waals surface area (Å²) in [6.07, 6.45) is 4.54. The van der Waals surface area contributed by atoms with Crippen LogP contribution in [0.1, 0.15) is 33.6 Å². The molecule has 0 aromatic carbocycles. The molecule has 1 aromatic heterocycles. The van der Waals surface area contributed by atoms with Gasteiger partial charge in [-0.2, -0.15) is 0 Å². The quantitative estimate of drug-likeness (QED) is 0.717. The zero-order valence-corrected chi connectivity index (χ0v) is 13.3. The van der Waals surface area contributed by atoms with Crippen LogP contribution in [0.2, 0.25) is 0 Å². The Morgan fingerprint density at radius 1 is 1.50 bits per heavy atom. The fraction of sp³-hybridized carbons (Fsp3) is 0.643. The first kappa shape index (κ1) is 16.3. The van der Waals surface area contributed by atoms with Crippen molar-refractivity contribution in [2.75, 3.05) is 23.7 Å². The maximum absolute atomic E-state index is 11.7. The number of rotatable bonds is 3. The number of nitrogens with one attached hydrogen (secondary N) is 2. The molecular formula is C14H24N6O2. The van der Waals surface area contributed by atoms with Gasteiger partial charge in [-0.05, 0) is 33.6 Å². The molecule has 0 saturated carbocycles. The van der Waals surface area contributed by atoms with Crippen molar-refractivity contribution >= 4 is 17.6 Å². The van der Waals surface area contributed by atoms with Gasteiger partial charge in [0.2, 0.25) is 0 Å². The van der Waals surface area contributed by atoms with E-state index in [2.05, 4.69) is 25.7 Å². The van der Waals surface area contributed by atoms with E-state index >= 15 is 0 Å². The molecule has 122 valence electrons. The Balaban J connectivity index is 1.86. The number of ether oxygens (including phenoxy) is 1. The molecule has 1 atom stereocenters. The highest BCUT2D eigenvalue weighted by atomic mass is 16.6. The predicted molar refractivity (Wildman–Crippen MR) is 84.2 cm³/mol. The number of carbonyl (C=O) groups is 1. The maximum Gasteiger partial charge on any atom is 0.422 e. The molecule has 22 heavy (non-hydrogen) atoms. The first-order chi connectivity index (χ1) is 10.3. The lowest BCUT2D eigenvalue weighted by atomic mass is 10.1. The number of hydrogen-bond donors (Lipinski definition) is 3. The average molecular weight is 308 g/mol. The van der Waals surface area contributed by atoms with Crippen LogP contribution in [-0.4, -0.2) is 40.8 Å². The van der Waals surface area contributed by atoms with E-state index in [9.17, 15) is 4.79 Å². The molecule has 2 heterocycles. The van der Waals surface area contributed by atoms with E-state index in [0.717, 1.165) is 25.2 Å². The summed E-state index contributed by atoms with van der Waals surface area (Å²) in [6, 6.07) is 0.107. The SMILES string of the molecule is CC(C)(C)OC(=O)NNC1CCCN(c2ncncc2N)C1. The van der Waals surface area contributed by atoms with Gasteiger partial charge in [-0.15, -0.1) is 0 Å². The third kappa shape index (κ3) is 4.73. The smallest absolute Gasteiger partial charge is 0.422 e. The average Bonchev–Trinajstić information content (AvgIpc) is 2.44. The van der Waals surface area contributed by atoms with Crippen molar-refractivity contribution in [2.24, 2.45) is 0 Å². The minimum absolute atomic E-state index is 0.107. The van der Waals surface area contributed by atoms with Gasteiger partial charge in [0.15, 0.2) is 5.82 Å². The normalized spacial score (nSPS) is 18.9. The molecule has 2 rings (SSSR count). The Morgan fingerprint density at radius 2 is 2.27 bits per heavy atom. The van der Waals surface area contributed by atoms with Crippen molar-refractivity contribution in [3.63, 3.8) is 0 Å². The second kappa shape index (κ2) is 6.78. The van der Waals surface area contributed by atoms with Gasteiger partial charge in [-0.25, -0.2) is 20.2 Å². The number of nitrogen functional groups attached to an aromatic ring is 1. The zero-order valence-electron chi connectivity index (χ0n) is 13.3. The molecule has 1 aromatic rings. The highest BCUT2D eigenvalue weighted by Crippen LogP contribution is 2.22. The highest BCUT2D eigenvalue weighted by Gasteiger charge is 2.23. The van der Waals surface area contributed by atoms with E-state index in [1.54, 1.807) is 6.20 Å². The molecule has 1 amide bonds. The lowest BCUT2D eigenvalue weighted by Gasteiger charge is -2.34.